The molecule has 2 atom stereocenters. The number of fused-ring (bicyclic) bond motifs is 2. The van der Waals surface area contributed by atoms with Gasteiger partial charge in [0.05, 0.1) is 25.3 Å². The first-order valence-corrected chi connectivity index (χ1v) is 12.0. The minimum absolute atomic E-state index is 0.00669. The quantitative estimate of drug-likeness (QED) is 0.514. The van der Waals surface area contributed by atoms with Crippen LogP contribution in [-0.4, -0.2) is 40.7 Å². The average Bonchev–Trinajstić information content (AvgIpc) is 3.59. The number of amides is 1. The number of benzene rings is 2. The van der Waals surface area contributed by atoms with Gasteiger partial charge in [0.2, 0.25) is 12.7 Å². The van der Waals surface area contributed by atoms with Gasteiger partial charge in [-0.15, -0.1) is 0 Å². The summed E-state index contributed by atoms with van der Waals surface area (Å²) in [5.41, 5.74) is 5.92. The predicted octanol–water partition coefficient (Wildman–Crippen LogP) is 4.28. The van der Waals surface area contributed by atoms with Crippen LogP contribution in [0.3, 0.4) is 0 Å². The van der Waals surface area contributed by atoms with Crippen molar-refractivity contribution in [1.29, 1.82) is 0 Å². The molecule has 3 aliphatic heterocycles. The van der Waals surface area contributed by atoms with E-state index in [-0.39, 0.29) is 24.8 Å². The highest BCUT2D eigenvalue weighted by Gasteiger charge is 2.40. The maximum absolute atomic E-state index is 13.4. The zero-order valence-electron chi connectivity index (χ0n) is 19.2. The van der Waals surface area contributed by atoms with Crippen molar-refractivity contribution in [2.45, 2.75) is 32.0 Å². The number of hydrogen-bond donors (Lipinski definition) is 1. The lowest BCUT2D eigenvalue weighted by molar-refractivity contribution is -0.135. The number of hydrazine groups is 1. The second-order valence-electron chi connectivity index (χ2n) is 8.58. The van der Waals surface area contributed by atoms with E-state index in [9.17, 15) is 4.79 Å². The number of nitrogens with zero attached hydrogens (tertiary/aromatic N) is 3. The minimum atomic E-state index is -0.313. The van der Waals surface area contributed by atoms with E-state index in [0.29, 0.717) is 36.1 Å². The van der Waals surface area contributed by atoms with Crippen molar-refractivity contribution >= 4 is 21.8 Å². The number of oxazole rings is 1. The third-order valence-corrected chi connectivity index (χ3v) is 6.97. The second kappa shape index (κ2) is 8.62. The van der Waals surface area contributed by atoms with Crippen molar-refractivity contribution in [3.8, 4) is 28.7 Å². The van der Waals surface area contributed by atoms with Crippen molar-refractivity contribution in [3.05, 3.63) is 70.3 Å². The van der Waals surface area contributed by atoms with Crippen LogP contribution in [-0.2, 0) is 11.3 Å². The molecule has 10 heteroatoms. The van der Waals surface area contributed by atoms with E-state index in [0.717, 1.165) is 27.1 Å². The van der Waals surface area contributed by atoms with Gasteiger partial charge in [-0.05, 0) is 49.2 Å². The predicted molar refractivity (Wildman–Crippen MR) is 129 cm³/mol. The van der Waals surface area contributed by atoms with E-state index in [1.807, 2.05) is 54.5 Å². The molecule has 0 spiro atoms. The Balaban J connectivity index is 1.19. The van der Waals surface area contributed by atoms with Crippen molar-refractivity contribution < 1.29 is 23.4 Å². The fourth-order valence-corrected chi connectivity index (χ4v) is 4.97. The van der Waals surface area contributed by atoms with Gasteiger partial charge in [-0.3, -0.25) is 4.79 Å². The van der Waals surface area contributed by atoms with E-state index >= 15 is 0 Å². The number of carbonyl (C=O) groups is 1. The molecule has 6 rings (SSSR count). The van der Waals surface area contributed by atoms with Crippen molar-refractivity contribution in [2.75, 3.05) is 13.9 Å². The number of aryl methyl sites for hydroxylation is 1. The third kappa shape index (κ3) is 3.92. The largest absolute Gasteiger partial charge is 0.496 e. The Hall–Kier alpha value is -3.50. The smallest absolute Gasteiger partial charge is 0.251 e. The Morgan fingerprint density at radius 1 is 1.17 bits per heavy atom. The number of methoxy groups -OCH3 is 1. The lowest BCUT2D eigenvalue weighted by Crippen LogP contribution is -2.47. The standard InChI is InChI=1S/C25H23BrN4O5/c1-14-19(27-24(35-14)17-10-16(26)4-6-21(17)32-2)12-29-7-8-30-20(25(29)31)11-18(28-30)15-3-5-22-23(9-15)34-13-33-22/h3-10,18,20,28H,11-13H2,1-2H3. The van der Waals surface area contributed by atoms with Gasteiger partial charge >= 0.3 is 0 Å². The van der Waals surface area contributed by atoms with Crippen molar-refractivity contribution in [3.63, 3.8) is 0 Å². The number of rotatable bonds is 5. The van der Waals surface area contributed by atoms with E-state index < -0.39 is 0 Å². The molecule has 4 heterocycles. The van der Waals surface area contributed by atoms with Gasteiger partial charge in [0.25, 0.3) is 5.91 Å². The molecule has 0 aliphatic carbocycles. The number of aromatic nitrogens is 1. The van der Waals surface area contributed by atoms with Crippen LogP contribution >= 0.6 is 15.9 Å². The van der Waals surface area contributed by atoms with E-state index in [1.54, 1.807) is 18.2 Å². The Bertz CT molecular complexity index is 1340. The highest BCUT2D eigenvalue weighted by molar-refractivity contribution is 9.10. The van der Waals surface area contributed by atoms with E-state index in [4.69, 9.17) is 18.6 Å². The van der Waals surface area contributed by atoms with Gasteiger partial charge in [0, 0.05) is 16.9 Å². The van der Waals surface area contributed by atoms with Gasteiger partial charge < -0.3 is 28.5 Å². The number of halogens is 1. The second-order valence-corrected chi connectivity index (χ2v) is 9.50. The molecule has 3 aromatic rings. The molecule has 1 aromatic heterocycles. The average molecular weight is 539 g/mol. The van der Waals surface area contributed by atoms with Gasteiger partial charge in [-0.1, -0.05) is 22.0 Å². The molecule has 2 aromatic carbocycles. The fraction of sp³-hybridized carbons (Fsp3) is 0.280. The van der Waals surface area contributed by atoms with Crippen molar-refractivity contribution in [2.24, 2.45) is 0 Å². The molecule has 0 bridgehead atoms. The summed E-state index contributed by atoms with van der Waals surface area (Å²) in [5, 5.41) is 1.88. The molecule has 1 fully saturated rings. The van der Waals surface area contributed by atoms with Crippen LogP contribution in [0.25, 0.3) is 11.5 Å². The maximum Gasteiger partial charge on any atom is 0.251 e. The number of carbonyl (C=O) groups excluding carboxylic acids is 1. The van der Waals surface area contributed by atoms with Crippen LogP contribution in [0.2, 0.25) is 0 Å². The first kappa shape index (κ1) is 22.0. The first-order chi connectivity index (χ1) is 17.0. The summed E-state index contributed by atoms with van der Waals surface area (Å²) < 4.78 is 23.2. The lowest BCUT2D eigenvalue weighted by Gasteiger charge is -2.31. The van der Waals surface area contributed by atoms with Gasteiger partial charge in [-0.25, -0.2) is 10.4 Å². The lowest BCUT2D eigenvalue weighted by atomic mass is 10.0. The highest BCUT2D eigenvalue weighted by atomic mass is 79.9. The summed E-state index contributed by atoms with van der Waals surface area (Å²) in [6, 6.07) is 11.2. The SMILES string of the molecule is COc1ccc(Br)cc1-c1nc(CN2C=CN3NC(c4ccc5c(c4)OCO5)CC3C2=O)c(C)o1. The summed E-state index contributed by atoms with van der Waals surface area (Å²) in [5.74, 6) is 3.26. The van der Waals surface area contributed by atoms with Gasteiger partial charge in [-0.2, -0.15) is 0 Å². The van der Waals surface area contributed by atoms with Crippen LogP contribution < -0.4 is 19.6 Å². The fourth-order valence-electron chi connectivity index (χ4n) is 4.61. The molecule has 0 saturated carbocycles. The molecule has 1 amide bonds. The summed E-state index contributed by atoms with van der Waals surface area (Å²) >= 11 is 3.49. The zero-order chi connectivity index (χ0) is 24.1. The maximum atomic E-state index is 13.4. The summed E-state index contributed by atoms with van der Waals surface area (Å²) in [6.07, 6.45) is 4.31. The van der Waals surface area contributed by atoms with E-state index in [1.165, 1.54) is 0 Å². The molecule has 2 unspecified atom stereocenters. The molecule has 35 heavy (non-hydrogen) atoms. The van der Waals surface area contributed by atoms with Gasteiger partial charge in [0.15, 0.2) is 11.5 Å². The normalized spacial score (nSPS) is 20.5. The van der Waals surface area contributed by atoms with Crippen LogP contribution in [0, 0.1) is 6.92 Å². The number of ether oxygens (including phenoxy) is 3. The molecule has 180 valence electrons. The monoisotopic (exact) mass is 538 g/mol. The molecular weight excluding hydrogens is 516 g/mol. The van der Waals surface area contributed by atoms with Gasteiger partial charge in [0.1, 0.15) is 23.2 Å². The Labute approximate surface area is 210 Å². The number of nitrogens with one attached hydrogen (secondary N) is 1. The first-order valence-electron chi connectivity index (χ1n) is 11.2. The molecule has 1 N–H and O–H groups in total. The molecule has 0 radical (unpaired) electrons. The van der Waals surface area contributed by atoms with Crippen LogP contribution in [0.15, 0.2) is 57.7 Å². The van der Waals surface area contributed by atoms with Crippen LogP contribution in [0.4, 0.5) is 0 Å². The Morgan fingerprint density at radius 3 is 2.89 bits per heavy atom. The minimum Gasteiger partial charge on any atom is -0.496 e. The summed E-state index contributed by atoms with van der Waals surface area (Å²) in [6.45, 7) is 2.41. The van der Waals surface area contributed by atoms with Crippen molar-refractivity contribution in [1.82, 2.24) is 20.3 Å². The molecule has 1 saturated heterocycles. The van der Waals surface area contributed by atoms with Crippen LogP contribution in [0.5, 0.6) is 17.2 Å². The molecular formula is C25H23BrN4O5. The number of hydrogen-bond acceptors (Lipinski definition) is 8. The molecule has 9 nitrogen and oxygen atoms in total. The Morgan fingerprint density at radius 2 is 2.03 bits per heavy atom. The summed E-state index contributed by atoms with van der Waals surface area (Å²) in [7, 11) is 1.61. The molecule has 3 aliphatic rings. The van der Waals surface area contributed by atoms with Crippen LogP contribution in [0.1, 0.15) is 29.5 Å². The van der Waals surface area contributed by atoms with E-state index in [2.05, 4.69) is 26.3 Å². The topological polar surface area (TPSA) is 89.3 Å². The Kier molecular flexibility index (Phi) is 5.42. The summed E-state index contributed by atoms with van der Waals surface area (Å²) in [4.78, 5) is 19.8. The third-order valence-electron chi connectivity index (χ3n) is 6.48. The zero-order valence-corrected chi connectivity index (χ0v) is 20.7. The highest BCUT2D eigenvalue weighted by Crippen LogP contribution is 2.38.